The molecule has 1 unspecified atom stereocenters. The number of piperazine rings is 1. The van der Waals surface area contributed by atoms with Gasteiger partial charge in [0.1, 0.15) is 19.0 Å². The number of rotatable bonds is 13. The first kappa shape index (κ1) is 26.9. The molecule has 3 rings (SSSR count). The number of benzene rings is 2. The van der Waals surface area contributed by atoms with E-state index in [9.17, 15) is 9.65 Å². The summed E-state index contributed by atoms with van der Waals surface area (Å²) in [6.45, 7) is 9.35. The number of nitriles is 1. The molecule has 1 heterocycles. The molecule has 0 aromatic heterocycles. The summed E-state index contributed by atoms with van der Waals surface area (Å²) in [5.74, 6) is 0.412. The van der Waals surface area contributed by atoms with E-state index in [4.69, 9.17) is 14.6 Å². The largest absolute Gasteiger partial charge is 0.488 e. The minimum absolute atomic E-state index is 0.0972. The van der Waals surface area contributed by atoms with Crippen LogP contribution in [-0.4, -0.2) is 67.5 Å². The molecular weight excluding hydrogens is 445 g/mol. The first-order chi connectivity index (χ1) is 17.0. The number of aliphatic hydroxyl groups is 1. The molecule has 0 bridgehead atoms. The molecule has 1 aliphatic rings. The highest BCUT2D eigenvalue weighted by molar-refractivity contribution is 5.41. The second-order valence-electron chi connectivity index (χ2n) is 9.09. The van der Waals surface area contributed by atoms with Crippen molar-refractivity contribution < 1.29 is 19.0 Å². The zero-order valence-corrected chi connectivity index (χ0v) is 21.0. The first-order valence-corrected chi connectivity index (χ1v) is 12.7. The number of ether oxygens (including phenoxy) is 2. The van der Waals surface area contributed by atoms with Gasteiger partial charge in [0.2, 0.25) is 0 Å². The van der Waals surface area contributed by atoms with Crippen LogP contribution in [0.4, 0.5) is 4.39 Å². The summed E-state index contributed by atoms with van der Waals surface area (Å²) in [6.07, 6.45) is 4.76. The molecule has 0 spiro atoms. The predicted octanol–water partition coefficient (Wildman–Crippen LogP) is 4.69. The fourth-order valence-electron chi connectivity index (χ4n) is 4.62. The molecule has 2 aromatic rings. The van der Waals surface area contributed by atoms with Crippen LogP contribution in [0.3, 0.4) is 0 Å². The lowest BCUT2D eigenvalue weighted by Gasteiger charge is -2.39. The van der Waals surface area contributed by atoms with Crippen LogP contribution in [0.25, 0.3) is 0 Å². The molecule has 7 heteroatoms. The third-order valence-corrected chi connectivity index (χ3v) is 6.60. The van der Waals surface area contributed by atoms with Gasteiger partial charge in [-0.05, 0) is 42.7 Å². The van der Waals surface area contributed by atoms with E-state index in [1.807, 2.05) is 13.0 Å². The summed E-state index contributed by atoms with van der Waals surface area (Å²) < 4.78 is 24.8. The number of aliphatic hydroxyl groups excluding tert-OH is 1. The lowest BCUT2D eigenvalue weighted by Crippen LogP contribution is -2.48. The van der Waals surface area contributed by atoms with E-state index >= 15 is 0 Å². The number of hydrogen-bond donors (Lipinski definition) is 1. The molecule has 0 amide bonds. The molecule has 35 heavy (non-hydrogen) atoms. The van der Waals surface area contributed by atoms with Crippen LogP contribution in [0.2, 0.25) is 0 Å². The van der Waals surface area contributed by atoms with Gasteiger partial charge < -0.3 is 14.6 Å². The van der Waals surface area contributed by atoms with Crippen LogP contribution in [0.15, 0.2) is 36.4 Å². The summed E-state index contributed by atoms with van der Waals surface area (Å²) >= 11 is 0. The Kier molecular flexibility index (Phi) is 10.8. The Morgan fingerprint density at radius 1 is 1.03 bits per heavy atom. The van der Waals surface area contributed by atoms with Gasteiger partial charge in [0.15, 0.2) is 11.5 Å². The quantitative estimate of drug-likeness (QED) is 0.417. The van der Waals surface area contributed by atoms with Gasteiger partial charge in [0, 0.05) is 44.8 Å². The van der Waals surface area contributed by atoms with E-state index in [0.717, 1.165) is 50.3 Å². The Morgan fingerprint density at radius 2 is 1.80 bits per heavy atom. The van der Waals surface area contributed by atoms with Crippen LogP contribution in [0, 0.1) is 24.1 Å². The maximum absolute atomic E-state index is 13.5. The van der Waals surface area contributed by atoms with Crippen molar-refractivity contribution in [3.63, 3.8) is 0 Å². The molecule has 1 fully saturated rings. The second-order valence-corrected chi connectivity index (χ2v) is 9.09. The SMILES string of the molecule is CCCCCC(c1ccc(C#N)c(C)c1)N1CCN(CCOc2ccc(F)cc2OCCO)CC1. The standard InChI is InChI=1S/C28H38FN3O3/c1-3-4-5-6-26(23-7-8-24(21-30)22(2)19-23)32-13-11-31(12-14-32)15-17-34-27-10-9-25(29)20-28(27)35-18-16-33/h7-10,19-20,26,33H,3-6,11-18H2,1-2H3. The topological polar surface area (TPSA) is 69.0 Å². The zero-order chi connectivity index (χ0) is 25.0. The Balaban J connectivity index is 1.54. The fraction of sp³-hybridized carbons (Fsp3) is 0.536. The van der Waals surface area contributed by atoms with Gasteiger partial charge in [0.25, 0.3) is 0 Å². The highest BCUT2D eigenvalue weighted by Crippen LogP contribution is 2.30. The van der Waals surface area contributed by atoms with E-state index in [1.54, 1.807) is 6.07 Å². The predicted molar refractivity (Wildman–Crippen MR) is 135 cm³/mol. The summed E-state index contributed by atoms with van der Waals surface area (Å²) in [6, 6.07) is 13.1. The minimum atomic E-state index is -0.396. The Hall–Kier alpha value is -2.66. The normalized spacial score (nSPS) is 15.5. The lowest BCUT2D eigenvalue weighted by atomic mass is 9.95. The third-order valence-electron chi connectivity index (χ3n) is 6.60. The average molecular weight is 484 g/mol. The fourth-order valence-corrected chi connectivity index (χ4v) is 4.62. The molecule has 0 saturated carbocycles. The molecule has 1 N–H and O–H groups in total. The molecule has 0 radical (unpaired) electrons. The molecule has 2 aromatic carbocycles. The van der Waals surface area contributed by atoms with E-state index in [1.165, 1.54) is 37.0 Å². The summed E-state index contributed by atoms with van der Waals surface area (Å²) in [5, 5.41) is 18.3. The summed E-state index contributed by atoms with van der Waals surface area (Å²) in [5.41, 5.74) is 3.10. The van der Waals surface area contributed by atoms with Crippen molar-refractivity contribution in [2.24, 2.45) is 0 Å². The van der Waals surface area contributed by atoms with Gasteiger partial charge >= 0.3 is 0 Å². The molecule has 6 nitrogen and oxygen atoms in total. The number of hydrogen-bond acceptors (Lipinski definition) is 6. The van der Waals surface area contributed by atoms with Crippen molar-refractivity contribution >= 4 is 0 Å². The van der Waals surface area contributed by atoms with Crippen molar-refractivity contribution in [3.05, 3.63) is 58.9 Å². The molecule has 1 saturated heterocycles. The maximum atomic E-state index is 13.5. The van der Waals surface area contributed by atoms with Gasteiger partial charge in [0.05, 0.1) is 18.2 Å². The van der Waals surface area contributed by atoms with Crippen LogP contribution in [0.1, 0.15) is 55.3 Å². The van der Waals surface area contributed by atoms with Gasteiger partial charge in [-0.15, -0.1) is 0 Å². The van der Waals surface area contributed by atoms with Crippen molar-refractivity contribution in [1.29, 1.82) is 5.26 Å². The van der Waals surface area contributed by atoms with Crippen LogP contribution >= 0.6 is 0 Å². The van der Waals surface area contributed by atoms with Crippen molar-refractivity contribution in [2.75, 3.05) is 52.5 Å². The first-order valence-electron chi connectivity index (χ1n) is 12.7. The molecule has 190 valence electrons. The zero-order valence-electron chi connectivity index (χ0n) is 21.0. The number of unbranched alkanes of at least 4 members (excludes halogenated alkanes) is 2. The van der Waals surface area contributed by atoms with Gasteiger partial charge in [-0.25, -0.2) is 4.39 Å². The summed E-state index contributed by atoms with van der Waals surface area (Å²) in [4.78, 5) is 4.97. The smallest absolute Gasteiger partial charge is 0.164 e. The lowest BCUT2D eigenvalue weighted by molar-refractivity contribution is 0.0812. The second kappa shape index (κ2) is 14.0. The van der Waals surface area contributed by atoms with E-state index in [-0.39, 0.29) is 13.2 Å². The monoisotopic (exact) mass is 483 g/mol. The van der Waals surface area contributed by atoms with Crippen molar-refractivity contribution in [1.82, 2.24) is 9.80 Å². The average Bonchev–Trinajstić information content (AvgIpc) is 2.87. The Labute approximate surface area is 208 Å². The highest BCUT2D eigenvalue weighted by atomic mass is 19.1. The third kappa shape index (κ3) is 7.93. The highest BCUT2D eigenvalue weighted by Gasteiger charge is 2.25. The molecule has 1 atom stereocenters. The van der Waals surface area contributed by atoms with E-state index in [0.29, 0.717) is 24.1 Å². The maximum Gasteiger partial charge on any atom is 0.164 e. The van der Waals surface area contributed by atoms with Crippen LogP contribution in [-0.2, 0) is 0 Å². The molecular formula is C28H38FN3O3. The minimum Gasteiger partial charge on any atom is -0.488 e. The molecule has 1 aliphatic heterocycles. The summed E-state index contributed by atoms with van der Waals surface area (Å²) in [7, 11) is 0. The number of aryl methyl sites for hydroxylation is 1. The van der Waals surface area contributed by atoms with Crippen LogP contribution in [0.5, 0.6) is 11.5 Å². The van der Waals surface area contributed by atoms with Crippen molar-refractivity contribution in [2.45, 2.75) is 45.6 Å². The Bertz CT molecular complexity index is 970. The van der Waals surface area contributed by atoms with Gasteiger partial charge in [-0.1, -0.05) is 38.3 Å². The molecule has 0 aliphatic carbocycles. The number of nitrogens with zero attached hydrogens (tertiary/aromatic N) is 3. The van der Waals surface area contributed by atoms with Gasteiger partial charge in [-0.3, -0.25) is 9.80 Å². The van der Waals surface area contributed by atoms with Crippen molar-refractivity contribution in [3.8, 4) is 17.6 Å². The van der Waals surface area contributed by atoms with Gasteiger partial charge in [-0.2, -0.15) is 5.26 Å². The van der Waals surface area contributed by atoms with E-state index < -0.39 is 5.82 Å². The Morgan fingerprint density at radius 3 is 2.49 bits per heavy atom. The van der Waals surface area contributed by atoms with Crippen LogP contribution < -0.4 is 9.47 Å². The number of halogens is 1. The van der Waals surface area contributed by atoms with E-state index in [2.05, 4.69) is 34.9 Å².